The average Bonchev–Trinajstić information content (AvgIpc) is 2.45. The number of benzene rings is 1. The maximum atomic E-state index is 9.56. The van der Waals surface area contributed by atoms with E-state index in [1.807, 2.05) is 37.3 Å². The fourth-order valence-corrected chi connectivity index (χ4v) is 1.77. The van der Waals surface area contributed by atoms with Crippen molar-refractivity contribution in [1.82, 2.24) is 10.2 Å². The predicted molar refractivity (Wildman–Crippen MR) is 57.0 cm³/mol. The molecule has 0 bridgehead atoms. The maximum Gasteiger partial charge on any atom is 0.250 e. The van der Waals surface area contributed by atoms with E-state index in [-0.39, 0.29) is 11.8 Å². The van der Waals surface area contributed by atoms with Crippen molar-refractivity contribution < 1.29 is 10.2 Å². The van der Waals surface area contributed by atoms with Crippen molar-refractivity contribution in [2.24, 2.45) is 0 Å². The average molecular weight is 206 g/mol. The van der Waals surface area contributed by atoms with Gasteiger partial charge in [-0.1, -0.05) is 30.3 Å². The number of hydrogen-bond acceptors (Lipinski definition) is 4. The first-order valence-corrected chi connectivity index (χ1v) is 4.75. The lowest BCUT2D eigenvalue weighted by Crippen LogP contribution is -2.45. The van der Waals surface area contributed by atoms with Gasteiger partial charge >= 0.3 is 0 Å². The van der Waals surface area contributed by atoms with Gasteiger partial charge in [0.05, 0.1) is 0 Å². The monoisotopic (exact) mass is 206 g/mol. The molecule has 3 N–H and O–H groups in total. The molecule has 4 nitrogen and oxygen atoms in total. The first-order chi connectivity index (χ1) is 7.05. The van der Waals surface area contributed by atoms with Crippen LogP contribution in [0.2, 0.25) is 0 Å². The Hall–Kier alpha value is -1.84. The number of nitrogens with zero attached hydrogens (tertiary/aromatic N) is 1. The van der Waals surface area contributed by atoms with Crippen LogP contribution in [0.3, 0.4) is 0 Å². The number of rotatable bonds is 1. The summed E-state index contributed by atoms with van der Waals surface area (Å²) in [6.07, 6.45) is 0. The van der Waals surface area contributed by atoms with Crippen LogP contribution in [-0.4, -0.2) is 22.2 Å². The first kappa shape index (κ1) is 9.71. The van der Waals surface area contributed by atoms with Gasteiger partial charge in [0.1, 0.15) is 5.66 Å². The van der Waals surface area contributed by atoms with Gasteiger partial charge in [0.2, 0.25) is 5.88 Å². The summed E-state index contributed by atoms with van der Waals surface area (Å²) >= 11 is 0. The second kappa shape index (κ2) is 3.08. The Labute approximate surface area is 88.5 Å². The highest BCUT2D eigenvalue weighted by molar-refractivity contribution is 5.28. The van der Waals surface area contributed by atoms with Crippen molar-refractivity contribution in [3.8, 4) is 0 Å². The Bertz CT molecular complexity index is 402. The summed E-state index contributed by atoms with van der Waals surface area (Å²) < 4.78 is 0. The minimum Gasteiger partial charge on any atom is -0.491 e. The predicted octanol–water partition coefficient (Wildman–Crippen LogP) is 1.64. The smallest absolute Gasteiger partial charge is 0.250 e. The first-order valence-electron chi connectivity index (χ1n) is 4.75. The van der Waals surface area contributed by atoms with Gasteiger partial charge in [0.25, 0.3) is 5.88 Å². The van der Waals surface area contributed by atoms with Crippen LogP contribution in [0.1, 0.15) is 12.5 Å². The summed E-state index contributed by atoms with van der Waals surface area (Å²) in [6, 6.07) is 9.64. The summed E-state index contributed by atoms with van der Waals surface area (Å²) in [7, 11) is 1.72. The third kappa shape index (κ3) is 1.29. The molecule has 1 aliphatic rings. The maximum absolute atomic E-state index is 9.56. The van der Waals surface area contributed by atoms with Crippen LogP contribution >= 0.6 is 0 Å². The SMILES string of the molecule is CN1C(O)=C(O)NC1(C)c1ccccc1. The van der Waals surface area contributed by atoms with Crippen molar-refractivity contribution in [3.63, 3.8) is 0 Å². The Kier molecular flexibility index (Phi) is 2.00. The van der Waals surface area contributed by atoms with Gasteiger partial charge in [0, 0.05) is 7.05 Å². The highest BCUT2D eigenvalue weighted by atomic mass is 16.3. The van der Waals surface area contributed by atoms with Gasteiger partial charge in [0.15, 0.2) is 0 Å². The number of aliphatic hydroxyl groups excluding tert-OH is 2. The molecule has 1 aliphatic heterocycles. The Morgan fingerprint density at radius 1 is 1.20 bits per heavy atom. The summed E-state index contributed by atoms with van der Waals surface area (Å²) in [5, 5.41) is 21.9. The summed E-state index contributed by atoms with van der Waals surface area (Å²) in [5.74, 6) is -0.329. The van der Waals surface area contributed by atoms with Crippen LogP contribution in [0.5, 0.6) is 0 Å². The summed E-state index contributed by atoms with van der Waals surface area (Å²) in [6.45, 7) is 1.89. The Balaban J connectivity index is 2.40. The zero-order valence-corrected chi connectivity index (χ0v) is 8.73. The molecule has 0 aromatic heterocycles. The molecule has 1 atom stereocenters. The zero-order valence-electron chi connectivity index (χ0n) is 8.73. The van der Waals surface area contributed by atoms with E-state index in [1.54, 1.807) is 11.9 Å². The van der Waals surface area contributed by atoms with Crippen molar-refractivity contribution in [2.45, 2.75) is 12.6 Å². The molecule has 1 aromatic carbocycles. The third-order valence-corrected chi connectivity index (χ3v) is 2.90. The van der Waals surface area contributed by atoms with Crippen LogP contribution < -0.4 is 5.32 Å². The van der Waals surface area contributed by atoms with Gasteiger partial charge in [-0.2, -0.15) is 0 Å². The Morgan fingerprint density at radius 2 is 1.80 bits per heavy atom. The standard InChI is InChI=1S/C11H14N2O2/c1-11(8-6-4-3-5-7-8)12-9(14)10(15)13(11)2/h3-7,12,14-15H,1-2H3. The molecule has 1 heterocycles. The molecule has 2 rings (SSSR count). The zero-order chi connectivity index (χ0) is 11.1. The highest BCUT2D eigenvalue weighted by Crippen LogP contribution is 2.32. The molecule has 0 amide bonds. The van der Waals surface area contributed by atoms with Crippen molar-refractivity contribution in [3.05, 3.63) is 47.7 Å². The highest BCUT2D eigenvalue weighted by Gasteiger charge is 2.40. The molecule has 80 valence electrons. The second-order valence-corrected chi connectivity index (χ2v) is 3.79. The number of hydrogen-bond donors (Lipinski definition) is 3. The molecular weight excluding hydrogens is 192 g/mol. The van der Waals surface area contributed by atoms with Gasteiger partial charge in [-0.15, -0.1) is 0 Å². The number of aliphatic hydroxyl groups is 2. The molecule has 0 aliphatic carbocycles. The van der Waals surface area contributed by atoms with E-state index >= 15 is 0 Å². The van der Waals surface area contributed by atoms with Gasteiger partial charge in [-0.25, -0.2) is 0 Å². The van der Waals surface area contributed by atoms with E-state index in [4.69, 9.17) is 0 Å². The minimum atomic E-state index is -0.602. The molecular formula is C11H14N2O2. The molecule has 0 saturated carbocycles. The van der Waals surface area contributed by atoms with Crippen molar-refractivity contribution >= 4 is 0 Å². The fraction of sp³-hybridized carbons (Fsp3) is 0.273. The van der Waals surface area contributed by atoms with E-state index in [2.05, 4.69) is 5.32 Å². The van der Waals surface area contributed by atoms with Crippen LogP contribution in [0.15, 0.2) is 42.1 Å². The summed E-state index contributed by atoms with van der Waals surface area (Å²) in [4.78, 5) is 1.59. The topological polar surface area (TPSA) is 55.7 Å². The third-order valence-electron chi connectivity index (χ3n) is 2.90. The van der Waals surface area contributed by atoms with Gasteiger partial charge in [-0.05, 0) is 12.5 Å². The molecule has 1 unspecified atom stereocenters. The van der Waals surface area contributed by atoms with Crippen LogP contribution in [0, 0.1) is 0 Å². The lowest BCUT2D eigenvalue weighted by Gasteiger charge is -2.34. The van der Waals surface area contributed by atoms with Crippen LogP contribution in [0.25, 0.3) is 0 Å². The normalized spacial score (nSPS) is 25.6. The molecule has 0 radical (unpaired) electrons. The lowest BCUT2D eigenvalue weighted by atomic mass is 10.0. The summed E-state index contributed by atoms with van der Waals surface area (Å²) in [5.41, 5.74) is 0.373. The Morgan fingerprint density at radius 3 is 2.27 bits per heavy atom. The largest absolute Gasteiger partial charge is 0.491 e. The lowest BCUT2D eigenvalue weighted by molar-refractivity contribution is 0.122. The van der Waals surface area contributed by atoms with Gasteiger partial charge in [-0.3, -0.25) is 0 Å². The molecule has 0 spiro atoms. The van der Waals surface area contributed by atoms with E-state index < -0.39 is 5.66 Å². The van der Waals surface area contributed by atoms with Crippen molar-refractivity contribution in [1.29, 1.82) is 0 Å². The van der Waals surface area contributed by atoms with E-state index in [0.29, 0.717) is 0 Å². The van der Waals surface area contributed by atoms with E-state index in [0.717, 1.165) is 5.56 Å². The minimum absolute atomic E-state index is 0.138. The quantitative estimate of drug-likeness (QED) is 0.653. The molecule has 0 fully saturated rings. The van der Waals surface area contributed by atoms with Crippen LogP contribution in [0.4, 0.5) is 0 Å². The van der Waals surface area contributed by atoms with E-state index in [9.17, 15) is 10.2 Å². The molecule has 1 aromatic rings. The second-order valence-electron chi connectivity index (χ2n) is 3.79. The fourth-order valence-electron chi connectivity index (χ4n) is 1.77. The molecule has 15 heavy (non-hydrogen) atoms. The van der Waals surface area contributed by atoms with Crippen LogP contribution in [-0.2, 0) is 5.66 Å². The van der Waals surface area contributed by atoms with Crippen molar-refractivity contribution in [2.75, 3.05) is 7.05 Å². The molecule has 4 heteroatoms. The number of nitrogens with one attached hydrogen (secondary N) is 1. The van der Waals surface area contributed by atoms with E-state index in [1.165, 1.54) is 0 Å². The van der Waals surface area contributed by atoms with Gasteiger partial charge < -0.3 is 20.4 Å². The molecule has 0 saturated heterocycles.